The molecule has 1 N–H and O–H groups in total. The van der Waals surface area contributed by atoms with Crippen LogP contribution in [-0.4, -0.2) is 16.1 Å². The highest BCUT2D eigenvalue weighted by atomic mass is 15.1. The van der Waals surface area contributed by atoms with Crippen molar-refractivity contribution in [3.8, 4) is 6.07 Å². The maximum absolute atomic E-state index is 9.87. The molecule has 0 radical (unpaired) electrons. The molecule has 0 saturated carbocycles. The quantitative estimate of drug-likeness (QED) is 0.886. The average molecular weight is 282 g/mol. The molecule has 1 unspecified atom stereocenters. The van der Waals surface area contributed by atoms with E-state index in [1.807, 2.05) is 55.1 Å². The number of aryl methyl sites for hydroxylation is 1. The normalized spacial score (nSPS) is 13.6. The third-order valence-corrected chi connectivity index (χ3v) is 3.89. The Bertz CT molecular complexity index is 624. The number of hydrogen-bond acceptors (Lipinski definition) is 3. The lowest BCUT2D eigenvalue weighted by atomic mass is 9.90. The van der Waals surface area contributed by atoms with Crippen LogP contribution in [0.2, 0.25) is 0 Å². The molecule has 110 valence electrons. The smallest absolute Gasteiger partial charge is 0.150 e. The first-order valence-electron chi connectivity index (χ1n) is 7.33. The monoisotopic (exact) mass is 282 g/mol. The van der Waals surface area contributed by atoms with Crippen LogP contribution in [-0.2, 0) is 12.1 Å². The molecule has 1 aromatic heterocycles. The summed E-state index contributed by atoms with van der Waals surface area (Å²) in [6, 6.07) is 12.4. The number of hydrogen-bond donors (Lipinski definition) is 1. The van der Waals surface area contributed by atoms with E-state index in [0.29, 0.717) is 6.54 Å². The van der Waals surface area contributed by atoms with Crippen molar-refractivity contribution in [1.82, 2.24) is 14.9 Å². The maximum atomic E-state index is 9.87. The van der Waals surface area contributed by atoms with E-state index in [-0.39, 0.29) is 0 Å². The van der Waals surface area contributed by atoms with Gasteiger partial charge in [0.1, 0.15) is 5.54 Å². The second-order valence-electron chi connectivity index (χ2n) is 5.35. The first kappa shape index (κ1) is 15.3. The number of benzene rings is 1. The van der Waals surface area contributed by atoms with Crippen molar-refractivity contribution in [2.45, 2.75) is 39.3 Å². The Hall–Kier alpha value is -2.12. The minimum Gasteiger partial charge on any atom is -0.331 e. The van der Waals surface area contributed by atoms with Crippen molar-refractivity contribution >= 4 is 0 Å². The molecule has 2 aromatic rings. The predicted octanol–water partition coefficient (Wildman–Crippen LogP) is 2.92. The molecule has 0 bridgehead atoms. The minimum absolute atomic E-state index is 0.556. The van der Waals surface area contributed by atoms with E-state index in [1.165, 1.54) is 0 Å². The number of nitrogens with one attached hydrogen (secondary N) is 1. The lowest BCUT2D eigenvalue weighted by Gasteiger charge is -2.29. The molecule has 1 aromatic carbocycles. The van der Waals surface area contributed by atoms with Crippen LogP contribution in [0.4, 0.5) is 0 Å². The zero-order valence-electron chi connectivity index (χ0n) is 12.9. The Balaban J connectivity index is 2.40. The van der Waals surface area contributed by atoms with Crippen molar-refractivity contribution in [2.24, 2.45) is 0 Å². The largest absolute Gasteiger partial charge is 0.331 e. The minimum atomic E-state index is -0.727. The van der Waals surface area contributed by atoms with Crippen LogP contribution in [0, 0.1) is 25.2 Å². The van der Waals surface area contributed by atoms with Gasteiger partial charge in [-0.2, -0.15) is 5.26 Å². The second-order valence-corrected chi connectivity index (χ2v) is 5.35. The zero-order valence-corrected chi connectivity index (χ0v) is 12.9. The van der Waals surface area contributed by atoms with Gasteiger partial charge in [0.05, 0.1) is 24.6 Å². The van der Waals surface area contributed by atoms with Crippen molar-refractivity contribution in [1.29, 1.82) is 5.26 Å². The number of rotatable bonds is 6. The molecule has 21 heavy (non-hydrogen) atoms. The summed E-state index contributed by atoms with van der Waals surface area (Å²) >= 11 is 0. The first-order valence-corrected chi connectivity index (χ1v) is 7.33. The highest BCUT2D eigenvalue weighted by Crippen LogP contribution is 2.24. The van der Waals surface area contributed by atoms with Gasteiger partial charge in [-0.15, -0.1) is 0 Å². The number of imidazole rings is 1. The van der Waals surface area contributed by atoms with Gasteiger partial charge in [-0.1, -0.05) is 37.3 Å². The van der Waals surface area contributed by atoms with Crippen LogP contribution in [0.1, 0.15) is 30.3 Å². The fourth-order valence-electron chi connectivity index (χ4n) is 2.41. The van der Waals surface area contributed by atoms with Crippen molar-refractivity contribution in [3.05, 3.63) is 53.6 Å². The van der Waals surface area contributed by atoms with Crippen molar-refractivity contribution in [2.75, 3.05) is 6.54 Å². The molecule has 1 atom stereocenters. The Morgan fingerprint density at radius 2 is 2.00 bits per heavy atom. The van der Waals surface area contributed by atoms with E-state index in [9.17, 15) is 5.26 Å². The number of nitriles is 1. The van der Waals surface area contributed by atoms with Crippen LogP contribution < -0.4 is 5.32 Å². The van der Waals surface area contributed by atoms with E-state index in [4.69, 9.17) is 0 Å². The Labute approximate surface area is 126 Å². The van der Waals surface area contributed by atoms with Gasteiger partial charge in [-0.3, -0.25) is 5.32 Å². The Kier molecular flexibility index (Phi) is 4.77. The van der Waals surface area contributed by atoms with Gasteiger partial charge >= 0.3 is 0 Å². The average Bonchev–Trinajstić information content (AvgIpc) is 2.84. The highest BCUT2D eigenvalue weighted by molar-refractivity contribution is 5.31. The second kappa shape index (κ2) is 6.55. The molecule has 4 heteroatoms. The van der Waals surface area contributed by atoms with Gasteiger partial charge in [0, 0.05) is 5.69 Å². The standard InChI is InChI=1S/C17H22N4/c1-4-10-20-17(11-18,16-8-6-5-7-9-16)12-21-13-19-14(2)15(21)3/h5-9,13,20H,4,10,12H2,1-3H3. The molecule has 0 amide bonds. The lowest BCUT2D eigenvalue weighted by molar-refractivity contribution is 0.365. The van der Waals surface area contributed by atoms with Gasteiger partial charge in [0.25, 0.3) is 0 Å². The lowest BCUT2D eigenvalue weighted by Crippen LogP contribution is -2.45. The highest BCUT2D eigenvalue weighted by Gasteiger charge is 2.32. The molecule has 1 heterocycles. The first-order chi connectivity index (χ1) is 10.1. The molecule has 0 aliphatic carbocycles. The molecule has 0 aliphatic heterocycles. The number of aromatic nitrogens is 2. The SMILES string of the molecule is CCCNC(C#N)(Cn1cnc(C)c1C)c1ccccc1. The molecule has 4 nitrogen and oxygen atoms in total. The summed E-state index contributed by atoms with van der Waals surface area (Å²) in [6.45, 7) is 7.49. The molecule has 0 spiro atoms. The zero-order chi connectivity index (χ0) is 15.3. The van der Waals surface area contributed by atoms with Gasteiger partial charge in [0.2, 0.25) is 0 Å². The van der Waals surface area contributed by atoms with E-state index >= 15 is 0 Å². The van der Waals surface area contributed by atoms with Crippen LogP contribution in [0.15, 0.2) is 36.7 Å². The molecular formula is C17H22N4. The summed E-state index contributed by atoms with van der Waals surface area (Å²) < 4.78 is 2.05. The van der Waals surface area contributed by atoms with Gasteiger partial charge < -0.3 is 4.57 Å². The van der Waals surface area contributed by atoms with E-state index in [2.05, 4.69) is 23.3 Å². The van der Waals surface area contributed by atoms with E-state index in [0.717, 1.165) is 29.9 Å². The van der Waals surface area contributed by atoms with E-state index in [1.54, 1.807) is 0 Å². The maximum Gasteiger partial charge on any atom is 0.150 e. The summed E-state index contributed by atoms with van der Waals surface area (Å²) in [4.78, 5) is 4.33. The summed E-state index contributed by atoms with van der Waals surface area (Å²) in [7, 11) is 0. The molecule has 2 rings (SSSR count). The molecular weight excluding hydrogens is 260 g/mol. The summed E-state index contributed by atoms with van der Waals surface area (Å²) in [5.74, 6) is 0. The van der Waals surface area contributed by atoms with Crippen molar-refractivity contribution in [3.63, 3.8) is 0 Å². The van der Waals surface area contributed by atoms with Crippen LogP contribution in [0.5, 0.6) is 0 Å². The molecule has 0 aliphatic rings. The van der Waals surface area contributed by atoms with Crippen LogP contribution in [0.3, 0.4) is 0 Å². The third-order valence-electron chi connectivity index (χ3n) is 3.89. The van der Waals surface area contributed by atoms with Gasteiger partial charge in [-0.05, 0) is 32.4 Å². The summed E-state index contributed by atoms with van der Waals surface area (Å²) in [6.07, 6.45) is 2.80. The topological polar surface area (TPSA) is 53.6 Å². The van der Waals surface area contributed by atoms with Crippen molar-refractivity contribution < 1.29 is 0 Å². The summed E-state index contributed by atoms with van der Waals surface area (Å²) in [5, 5.41) is 13.3. The van der Waals surface area contributed by atoms with Gasteiger partial charge in [0.15, 0.2) is 0 Å². The Morgan fingerprint density at radius 3 is 2.52 bits per heavy atom. The van der Waals surface area contributed by atoms with Crippen LogP contribution in [0.25, 0.3) is 0 Å². The third kappa shape index (κ3) is 3.14. The van der Waals surface area contributed by atoms with E-state index < -0.39 is 5.54 Å². The fourth-order valence-corrected chi connectivity index (χ4v) is 2.41. The molecule has 0 saturated heterocycles. The Morgan fingerprint density at radius 1 is 1.29 bits per heavy atom. The number of nitrogens with zero attached hydrogens (tertiary/aromatic N) is 3. The van der Waals surface area contributed by atoms with Crippen LogP contribution >= 0.6 is 0 Å². The van der Waals surface area contributed by atoms with Gasteiger partial charge in [-0.25, -0.2) is 4.98 Å². The molecule has 0 fully saturated rings. The summed E-state index contributed by atoms with van der Waals surface area (Å²) in [5.41, 5.74) is 2.37. The fraction of sp³-hybridized carbons (Fsp3) is 0.412. The predicted molar refractivity (Wildman–Crippen MR) is 83.7 cm³/mol.